The van der Waals surface area contributed by atoms with Crippen molar-refractivity contribution >= 4 is 23.8 Å². The average molecular weight is 428 g/mol. The molecule has 0 bridgehead atoms. The monoisotopic (exact) mass is 428 g/mol. The Hall–Kier alpha value is -2.46. The minimum absolute atomic E-state index is 0.0515. The molecule has 30 heavy (non-hydrogen) atoms. The van der Waals surface area contributed by atoms with Gasteiger partial charge < -0.3 is 25.0 Å². The number of hydrogen-bond acceptors (Lipinski definition) is 7. The zero-order chi connectivity index (χ0) is 22.8. The number of rotatable bonds is 12. The van der Waals surface area contributed by atoms with E-state index in [-0.39, 0.29) is 30.6 Å². The Morgan fingerprint density at radius 1 is 1.17 bits per heavy atom. The molecule has 0 aromatic rings. The molecule has 0 saturated heterocycles. The molecule has 4 N–H and O–H groups in total. The van der Waals surface area contributed by atoms with Crippen molar-refractivity contribution < 1.29 is 38.9 Å². The van der Waals surface area contributed by atoms with Crippen LogP contribution in [-0.2, 0) is 28.7 Å². The lowest BCUT2D eigenvalue weighted by molar-refractivity contribution is -0.146. The molecule has 0 aromatic heterocycles. The summed E-state index contributed by atoms with van der Waals surface area (Å²) in [6.07, 6.45) is 1.55. The number of aliphatic carboxylic acids is 2. The molecule has 10 nitrogen and oxygen atoms in total. The zero-order valence-corrected chi connectivity index (χ0v) is 17.8. The fourth-order valence-corrected chi connectivity index (χ4v) is 3.40. The van der Waals surface area contributed by atoms with Crippen LogP contribution in [0.4, 0.5) is 0 Å². The quantitative estimate of drug-likeness (QED) is 0.331. The average Bonchev–Trinajstić information content (AvgIpc) is 2.66. The van der Waals surface area contributed by atoms with Gasteiger partial charge in [-0.1, -0.05) is 13.8 Å². The number of nitrogens with one attached hydrogen (secondary N) is 2. The summed E-state index contributed by atoms with van der Waals surface area (Å²) in [4.78, 5) is 46.8. The summed E-state index contributed by atoms with van der Waals surface area (Å²) in [6, 6.07) is -2.85. The van der Waals surface area contributed by atoms with Crippen LogP contribution in [-0.4, -0.2) is 71.0 Å². The largest absolute Gasteiger partial charge is 0.481 e. The van der Waals surface area contributed by atoms with Gasteiger partial charge in [0, 0.05) is 18.5 Å². The van der Waals surface area contributed by atoms with Crippen LogP contribution in [0.2, 0.25) is 0 Å². The normalized spacial score (nSPS) is 22.2. The second kappa shape index (κ2) is 12.3. The SMILES string of the molecule is CCOC(=O)C1=C[C@@H](OC(CC)CC)[C@@H](NC(C)=O)[C@@H](NC(CC(=O)O)C(=O)O)C1. The third-order valence-corrected chi connectivity index (χ3v) is 4.85. The molecule has 1 rings (SSSR count). The molecule has 1 aliphatic carbocycles. The van der Waals surface area contributed by atoms with Gasteiger partial charge in [0.15, 0.2) is 0 Å². The molecule has 0 fully saturated rings. The van der Waals surface area contributed by atoms with E-state index >= 15 is 0 Å². The molecule has 10 heteroatoms. The first-order chi connectivity index (χ1) is 14.1. The molecule has 1 amide bonds. The van der Waals surface area contributed by atoms with E-state index in [0.29, 0.717) is 12.8 Å². The fourth-order valence-electron chi connectivity index (χ4n) is 3.40. The number of carbonyl (C=O) groups is 4. The first-order valence-electron chi connectivity index (χ1n) is 10.1. The molecule has 0 aliphatic heterocycles. The Labute approximate surface area is 176 Å². The third-order valence-electron chi connectivity index (χ3n) is 4.85. The van der Waals surface area contributed by atoms with Crippen molar-refractivity contribution in [2.24, 2.45) is 0 Å². The summed E-state index contributed by atoms with van der Waals surface area (Å²) >= 11 is 0. The Bertz CT molecular complexity index is 659. The van der Waals surface area contributed by atoms with Crippen LogP contribution >= 0.6 is 0 Å². The van der Waals surface area contributed by atoms with Gasteiger partial charge in [-0.2, -0.15) is 0 Å². The van der Waals surface area contributed by atoms with Crippen molar-refractivity contribution in [2.45, 2.75) is 83.7 Å². The Balaban J connectivity index is 3.30. The van der Waals surface area contributed by atoms with Crippen LogP contribution in [0.25, 0.3) is 0 Å². The maximum absolute atomic E-state index is 12.4. The van der Waals surface area contributed by atoms with Gasteiger partial charge in [-0.3, -0.25) is 19.7 Å². The predicted molar refractivity (Wildman–Crippen MR) is 107 cm³/mol. The topological polar surface area (TPSA) is 151 Å². The standard InChI is InChI=1S/C20H32N2O8/c1-5-13(6-2)30-16-9-12(20(28)29-7-3)8-14(18(16)21-11(4)23)22-15(19(26)27)10-17(24)25/h9,13-16,18,22H,5-8,10H2,1-4H3,(H,21,23)(H,24,25)(H,26,27)/t14-,15?,16+,18-/m0/s1. The molecular weight excluding hydrogens is 396 g/mol. The summed E-state index contributed by atoms with van der Waals surface area (Å²) in [5.74, 6) is -3.55. The molecule has 0 radical (unpaired) electrons. The van der Waals surface area contributed by atoms with Crippen LogP contribution in [0.1, 0.15) is 53.4 Å². The first-order valence-corrected chi connectivity index (χ1v) is 10.1. The van der Waals surface area contributed by atoms with Crippen LogP contribution in [0.15, 0.2) is 11.6 Å². The van der Waals surface area contributed by atoms with Crippen molar-refractivity contribution in [3.8, 4) is 0 Å². The summed E-state index contributed by atoms with van der Waals surface area (Å²) in [7, 11) is 0. The number of carboxylic acids is 2. The fraction of sp³-hybridized carbons (Fsp3) is 0.700. The minimum atomic E-state index is -1.40. The molecule has 1 unspecified atom stereocenters. The zero-order valence-electron chi connectivity index (χ0n) is 17.8. The van der Waals surface area contributed by atoms with Crippen LogP contribution in [0.3, 0.4) is 0 Å². The van der Waals surface area contributed by atoms with Crippen molar-refractivity contribution in [3.05, 3.63) is 11.6 Å². The number of carboxylic acid groups (broad SMARTS) is 2. The molecule has 0 saturated carbocycles. The summed E-state index contributed by atoms with van der Waals surface area (Å²) in [5, 5.41) is 24.0. The van der Waals surface area contributed by atoms with Crippen LogP contribution < -0.4 is 10.6 Å². The van der Waals surface area contributed by atoms with E-state index in [1.54, 1.807) is 13.0 Å². The van der Waals surface area contributed by atoms with Gasteiger partial charge in [0.1, 0.15) is 6.04 Å². The smallest absolute Gasteiger partial charge is 0.333 e. The highest BCUT2D eigenvalue weighted by atomic mass is 16.5. The van der Waals surface area contributed by atoms with E-state index in [0.717, 1.165) is 0 Å². The second-order valence-electron chi connectivity index (χ2n) is 7.14. The number of hydrogen-bond donors (Lipinski definition) is 4. The van der Waals surface area contributed by atoms with Gasteiger partial charge in [0.25, 0.3) is 0 Å². The highest BCUT2D eigenvalue weighted by Gasteiger charge is 2.39. The lowest BCUT2D eigenvalue weighted by Gasteiger charge is -2.39. The van der Waals surface area contributed by atoms with Crippen molar-refractivity contribution in [2.75, 3.05) is 6.61 Å². The Morgan fingerprint density at radius 3 is 2.27 bits per heavy atom. The number of amides is 1. The highest BCUT2D eigenvalue weighted by molar-refractivity contribution is 5.89. The van der Waals surface area contributed by atoms with E-state index < -0.39 is 48.6 Å². The van der Waals surface area contributed by atoms with Gasteiger partial charge >= 0.3 is 17.9 Å². The summed E-state index contributed by atoms with van der Waals surface area (Å²) < 4.78 is 11.2. The molecule has 4 atom stereocenters. The van der Waals surface area contributed by atoms with Crippen molar-refractivity contribution in [3.63, 3.8) is 0 Å². The minimum Gasteiger partial charge on any atom is -0.481 e. The Kier molecular flexibility index (Phi) is 10.5. The Morgan fingerprint density at radius 2 is 1.80 bits per heavy atom. The van der Waals surface area contributed by atoms with Gasteiger partial charge in [-0.25, -0.2) is 4.79 Å². The molecule has 0 spiro atoms. The second-order valence-corrected chi connectivity index (χ2v) is 7.14. The van der Waals surface area contributed by atoms with E-state index in [4.69, 9.17) is 14.6 Å². The first kappa shape index (κ1) is 25.6. The van der Waals surface area contributed by atoms with Crippen LogP contribution in [0.5, 0.6) is 0 Å². The summed E-state index contributed by atoms with van der Waals surface area (Å²) in [6.45, 7) is 7.05. The van der Waals surface area contributed by atoms with Crippen LogP contribution in [0, 0.1) is 0 Å². The van der Waals surface area contributed by atoms with Gasteiger partial charge in [-0.05, 0) is 32.3 Å². The van der Waals surface area contributed by atoms with Crippen molar-refractivity contribution in [1.29, 1.82) is 0 Å². The lowest BCUT2D eigenvalue weighted by atomic mass is 9.86. The third kappa shape index (κ3) is 7.75. The van der Waals surface area contributed by atoms with E-state index in [2.05, 4.69) is 10.6 Å². The number of ether oxygens (including phenoxy) is 2. The molecule has 0 aromatic carbocycles. The van der Waals surface area contributed by atoms with E-state index in [9.17, 15) is 24.3 Å². The number of carbonyl (C=O) groups excluding carboxylic acids is 2. The van der Waals surface area contributed by atoms with Gasteiger partial charge in [-0.15, -0.1) is 0 Å². The molecular formula is C20H32N2O8. The summed E-state index contributed by atoms with van der Waals surface area (Å²) in [5.41, 5.74) is 0.284. The van der Waals surface area contributed by atoms with Gasteiger partial charge in [0.05, 0.1) is 31.3 Å². The molecule has 0 heterocycles. The maximum Gasteiger partial charge on any atom is 0.333 e. The van der Waals surface area contributed by atoms with E-state index in [1.165, 1.54) is 6.92 Å². The predicted octanol–water partition coefficient (Wildman–Crippen LogP) is 0.844. The molecule has 1 aliphatic rings. The maximum atomic E-state index is 12.4. The molecule has 170 valence electrons. The van der Waals surface area contributed by atoms with Gasteiger partial charge in [0.2, 0.25) is 5.91 Å². The lowest BCUT2D eigenvalue weighted by Crippen LogP contribution is -2.61. The van der Waals surface area contributed by atoms with E-state index in [1.807, 2.05) is 13.8 Å². The highest BCUT2D eigenvalue weighted by Crippen LogP contribution is 2.26. The van der Waals surface area contributed by atoms with Crippen molar-refractivity contribution in [1.82, 2.24) is 10.6 Å². The number of esters is 1.